The Morgan fingerprint density at radius 2 is 2.36 bits per heavy atom. The van der Waals surface area contributed by atoms with Crippen molar-refractivity contribution < 1.29 is 4.79 Å². The van der Waals surface area contributed by atoms with Gasteiger partial charge in [0, 0.05) is 11.8 Å². The van der Waals surface area contributed by atoms with Crippen LogP contribution in [0.3, 0.4) is 0 Å². The number of nitrogens with zero attached hydrogens (tertiary/aromatic N) is 1. The maximum absolute atomic E-state index is 11.1. The van der Waals surface area contributed by atoms with Crippen molar-refractivity contribution in [1.82, 2.24) is 4.98 Å². The molecule has 0 fully saturated rings. The smallest absolute Gasteiger partial charge is 0.173 e. The second-order valence-corrected chi connectivity index (χ2v) is 3.30. The molecule has 0 spiro atoms. The summed E-state index contributed by atoms with van der Waals surface area (Å²) in [6.07, 6.45) is 1.60. The first kappa shape index (κ1) is 8.87. The van der Waals surface area contributed by atoms with Gasteiger partial charge in [-0.25, -0.2) is 4.98 Å². The topological polar surface area (TPSA) is 30.0 Å². The normalized spacial score (nSPS) is 9.64. The molecule has 0 N–H and O–H groups in total. The fraction of sp³-hybridized carbons (Fsp3) is 0.143. The lowest BCUT2D eigenvalue weighted by molar-refractivity contribution is 0.102. The van der Waals surface area contributed by atoms with Crippen molar-refractivity contribution in [3.05, 3.63) is 28.5 Å². The third-order valence-electron chi connectivity index (χ3n) is 1.17. The molecule has 0 aliphatic rings. The van der Waals surface area contributed by atoms with E-state index >= 15 is 0 Å². The average Bonchev–Trinajstić information content (AvgIpc) is 2.03. The van der Waals surface area contributed by atoms with Gasteiger partial charge in [-0.15, -0.1) is 0 Å². The van der Waals surface area contributed by atoms with Crippen molar-refractivity contribution in [3.8, 4) is 0 Å². The lowest BCUT2D eigenvalue weighted by atomic mass is 10.2. The van der Waals surface area contributed by atoms with Crippen LogP contribution in [0.4, 0.5) is 0 Å². The standard InChI is InChI=1S/C7H5Br2NO/c8-4-6(11)5-1-2-10-7(9)3-5/h1-3H,4H2. The Hall–Kier alpha value is -0.220. The summed E-state index contributed by atoms with van der Waals surface area (Å²) >= 11 is 6.27. The van der Waals surface area contributed by atoms with E-state index in [1.807, 2.05) is 0 Å². The zero-order chi connectivity index (χ0) is 8.27. The predicted molar refractivity (Wildman–Crippen MR) is 50.1 cm³/mol. The first-order chi connectivity index (χ1) is 5.24. The van der Waals surface area contributed by atoms with E-state index in [9.17, 15) is 4.79 Å². The number of Topliss-reactive ketones (excluding diaryl/α,β-unsaturated/α-hetero) is 1. The van der Waals surface area contributed by atoms with Gasteiger partial charge < -0.3 is 0 Å². The van der Waals surface area contributed by atoms with E-state index in [1.54, 1.807) is 18.3 Å². The van der Waals surface area contributed by atoms with Crippen LogP contribution in [0.5, 0.6) is 0 Å². The van der Waals surface area contributed by atoms with Gasteiger partial charge in [0.05, 0.1) is 5.33 Å². The minimum absolute atomic E-state index is 0.0631. The van der Waals surface area contributed by atoms with Crippen LogP contribution >= 0.6 is 31.9 Å². The molecule has 0 unspecified atom stereocenters. The third kappa shape index (κ3) is 2.38. The van der Waals surface area contributed by atoms with Crippen molar-refractivity contribution in [1.29, 1.82) is 0 Å². The van der Waals surface area contributed by atoms with Crippen molar-refractivity contribution in [2.24, 2.45) is 0 Å². The number of hydrogen-bond acceptors (Lipinski definition) is 2. The van der Waals surface area contributed by atoms with Gasteiger partial charge in [0.1, 0.15) is 4.60 Å². The zero-order valence-corrected chi connectivity index (χ0v) is 8.72. The fourth-order valence-electron chi connectivity index (χ4n) is 0.653. The molecule has 0 aromatic carbocycles. The fourth-order valence-corrected chi connectivity index (χ4v) is 1.34. The highest BCUT2D eigenvalue weighted by molar-refractivity contribution is 9.10. The second-order valence-electron chi connectivity index (χ2n) is 1.92. The Bertz CT molecular complexity index is 275. The molecule has 0 aliphatic heterocycles. The van der Waals surface area contributed by atoms with E-state index < -0.39 is 0 Å². The first-order valence-electron chi connectivity index (χ1n) is 2.95. The van der Waals surface area contributed by atoms with Crippen LogP contribution in [0.2, 0.25) is 0 Å². The highest BCUT2D eigenvalue weighted by Gasteiger charge is 2.02. The number of rotatable bonds is 2. The summed E-state index contributed by atoms with van der Waals surface area (Å²) in [7, 11) is 0. The highest BCUT2D eigenvalue weighted by Crippen LogP contribution is 2.09. The summed E-state index contributed by atoms with van der Waals surface area (Å²) in [5, 5.41) is 0.351. The summed E-state index contributed by atoms with van der Waals surface area (Å²) in [5.41, 5.74) is 0.670. The van der Waals surface area contributed by atoms with Crippen molar-refractivity contribution >= 4 is 37.6 Å². The molecule has 11 heavy (non-hydrogen) atoms. The number of pyridine rings is 1. The molecule has 0 amide bonds. The van der Waals surface area contributed by atoms with Crippen LogP contribution in [-0.4, -0.2) is 16.1 Å². The van der Waals surface area contributed by atoms with Gasteiger partial charge in [-0.05, 0) is 28.1 Å². The molecular formula is C7H5Br2NO. The minimum Gasteiger partial charge on any atom is -0.293 e. The number of carbonyl (C=O) groups is 1. The summed E-state index contributed by atoms with van der Waals surface area (Å²) in [5.74, 6) is 0.0631. The third-order valence-corrected chi connectivity index (χ3v) is 2.11. The quantitative estimate of drug-likeness (QED) is 0.472. The Morgan fingerprint density at radius 3 is 2.91 bits per heavy atom. The molecular weight excluding hydrogens is 274 g/mol. The predicted octanol–water partition coefficient (Wildman–Crippen LogP) is 2.42. The molecule has 1 rings (SSSR count). The SMILES string of the molecule is O=C(CBr)c1ccnc(Br)c1. The number of ketones is 1. The van der Waals surface area contributed by atoms with E-state index in [0.29, 0.717) is 15.5 Å². The molecule has 0 bridgehead atoms. The molecule has 0 atom stereocenters. The van der Waals surface area contributed by atoms with Gasteiger partial charge in [0.2, 0.25) is 0 Å². The molecule has 1 aromatic rings. The molecule has 2 nitrogen and oxygen atoms in total. The van der Waals surface area contributed by atoms with Gasteiger partial charge >= 0.3 is 0 Å². The molecule has 58 valence electrons. The van der Waals surface area contributed by atoms with Gasteiger partial charge in [-0.2, -0.15) is 0 Å². The largest absolute Gasteiger partial charge is 0.293 e. The maximum Gasteiger partial charge on any atom is 0.173 e. The van der Waals surface area contributed by atoms with Gasteiger partial charge in [-0.1, -0.05) is 15.9 Å². The number of aromatic nitrogens is 1. The number of hydrogen-bond donors (Lipinski definition) is 0. The van der Waals surface area contributed by atoms with Crippen molar-refractivity contribution in [3.63, 3.8) is 0 Å². The average molecular weight is 279 g/mol. The van der Waals surface area contributed by atoms with Crippen LogP contribution in [0.1, 0.15) is 10.4 Å². The van der Waals surface area contributed by atoms with E-state index in [0.717, 1.165) is 0 Å². The lowest BCUT2D eigenvalue weighted by Gasteiger charge is -1.95. The van der Waals surface area contributed by atoms with E-state index in [2.05, 4.69) is 36.8 Å². The molecule has 1 heterocycles. The summed E-state index contributed by atoms with van der Waals surface area (Å²) in [6, 6.07) is 3.39. The van der Waals surface area contributed by atoms with Crippen molar-refractivity contribution in [2.75, 3.05) is 5.33 Å². The Balaban J connectivity index is 2.96. The molecule has 0 saturated heterocycles. The first-order valence-corrected chi connectivity index (χ1v) is 4.86. The lowest BCUT2D eigenvalue weighted by Crippen LogP contribution is -1.99. The molecule has 1 aromatic heterocycles. The Kier molecular flexibility index (Phi) is 3.20. The second kappa shape index (κ2) is 3.97. The Labute approximate surface area is 81.3 Å². The van der Waals surface area contributed by atoms with Gasteiger partial charge in [0.15, 0.2) is 5.78 Å². The molecule has 4 heteroatoms. The number of halogens is 2. The Morgan fingerprint density at radius 1 is 1.64 bits per heavy atom. The maximum atomic E-state index is 11.1. The molecule has 0 saturated carbocycles. The summed E-state index contributed by atoms with van der Waals surface area (Å²) in [6.45, 7) is 0. The van der Waals surface area contributed by atoms with Crippen LogP contribution in [0, 0.1) is 0 Å². The minimum atomic E-state index is 0.0631. The van der Waals surface area contributed by atoms with Gasteiger partial charge in [0.25, 0.3) is 0 Å². The van der Waals surface area contributed by atoms with Crippen LogP contribution in [0.15, 0.2) is 22.9 Å². The van der Waals surface area contributed by atoms with Crippen LogP contribution < -0.4 is 0 Å². The molecule has 0 radical (unpaired) electrons. The number of alkyl halides is 1. The zero-order valence-electron chi connectivity index (χ0n) is 5.55. The molecule has 0 aliphatic carbocycles. The van der Waals surface area contributed by atoms with Crippen LogP contribution in [0.25, 0.3) is 0 Å². The highest BCUT2D eigenvalue weighted by atomic mass is 79.9. The summed E-state index contributed by atoms with van der Waals surface area (Å²) in [4.78, 5) is 15.0. The van der Waals surface area contributed by atoms with E-state index in [-0.39, 0.29) is 5.78 Å². The monoisotopic (exact) mass is 277 g/mol. The summed E-state index contributed by atoms with van der Waals surface area (Å²) < 4.78 is 0.685. The van der Waals surface area contributed by atoms with E-state index in [4.69, 9.17) is 0 Å². The van der Waals surface area contributed by atoms with Crippen molar-refractivity contribution in [2.45, 2.75) is 0 Å². The van der Waals surface area contributed by atoms with E-state index in [1.165, 1.54) is 0 Å². The number of carbonyl (C=O) groups excluding carboxylic acids is 1. The van der Waals surface area contributed by atoms with Crippen LogP contribution in [-0.2, 0) is 0 Å². The van der Waals surface area contributed by atoms with Gasteiger partial charge in [-0.3, -0.25) is 4.79 Å².